The molecule has 0 aromatic heterocycles. The van der Waals surface area contributed by atoms with Gasteiger partial charge in [0.25, 0.3) is 11.6 Å². The lowest BCUT2D eigenvalue weighted by Gasteiger charge is -2.11. The molecule has 0 radical (unpaired) electrons. The fourth-order valence-electron chi connectivity index (χ4n) is 3.11. The summed E-state index contributed by atoms with van der Waals surface area (Å²) >= 11 is 0. The van der Waals surface area contributed by atoms with Gasteiger partial charge in [-0.05, 0) is 61.4 Å². The molecule has 0 unspecified atom stereocenters. The molecule has 0 saturated heterocycles. The number of nitrogens with zero attached hydrogens (tertiary/aromatic N) is 2. The van der Waals surface area contributed by atoms with Crippen molar-refractivity contribution in [3.8, 4) is 17.6 Å². The van der Waals surface area contributed by atoms with Gasteiger partial charge in [-0.15, -0.1) is 0 Å². The fraction of sp³-hybridized carbons (Fsp3) is 0.115. The van der Waals surface area contributed by atoms with E-state index in [0.717, 1.165) is 5.56 Å². The maximum Gasteiger partial charge on any atom is 0.343 e. The van der Waals surface area contributed by atoms with Crippen LogP contribution in [-0.2, 0) is 4.79 Å². The third-order valence-corrected chi connectivity index (χ3v) is 4.95. The average molecular weight is 471 g/mol. The van der Waals surface area contributed by atoms with Crippen LogP contribution in [0.25, 0.3) is 6.08 Å². The summed E-state index contributed by atoms with van der Waals surface area (Å²) in [4.78, 5) is 35.9. The molecular formula is C26H21N3O6. The molecule has 35 heavy (non-hydrogen) atoms. The molecule has 9 nitrogen and oxygen atoms in total. The van der Waals surface area contributed by atoms with Crippen LogP contribution in [0.3, 0.4) is 0 Å². The van der Waals surface area contributed by atoms with Gasteiger partial charge >= 0.3 is 5.97 Å². The highest BCUT2D eigenvalue weighted by Gasteiger charge is 2.19. The SMILES string of the molecule is COc1ccc(/C=C(\C#N)C(=O)Nc2ccc(C)cc2[N+](=O)[O-])cc1OC(=O)c1ccc(C)cc1. The molecule has 9 heteroatoms. The molecule has 3 aromatic carbocycles. The van der Waals surface area contributed by atoms with Crippen molar-refractivity contribution >= 4 is 29.3 Å². The van der Waals surface area contributed by atoms with Crippen molar-refractivity contribution in [1.82, 2.24) is 0 Å². The Hall–Kier alpha value is -4.97. The number of nitro groups is 1. The highest BCUT2D eigenvalue weighted by Crippen LogP contribution is 2.30. The number of carbonyl (C=O) groups excluding carboxylic acids is 2. The average Bonchev–Trinajstić information content (AvgIpc) is 2.84. The predicted molar refractivity (Wildman–Crippen MR) is 129 cm³/mol. The number of aryl methyl sites for hydroxylation is 2. The van der Waals surface area contributed by atoms with E-state index >= 15 is 0 Å². The Morgan fingerprint density at radius 2 is 1.69 bits per heavy atom. The number of anilines is 1. The Bertz CT molecular complexity index is 1370. The first kappa shape index (κ1) is 24.7. The Morgan fingerprint density at radius 1 is 1.00 bits per heavy atom. The molecule has 0 fully saturated rings. The molecule has 1 N–H and O–H groups in total. The van der Waals surface area contributed by atoms with Crippen LogP contribution in [0.1, 0.15) is 27.0 Å². The molecule has 0 aliphatic carbocycles. The highest BCUT2D eigenvalue weighted by atomic mass is 16.6. The van der Waals surface area contributed by atoms with Gasteiger partial charge in [-0.2, -0.15) is 5.26 Å². The van der Waals surface area contributed by atoms with Crippen LogP contribution in [0.5, 0.6) is 11.5 Å². The minimum absolute atomic E-state index is 0.0332. The Labute approximate surface area is 201 Å². The van der Waals surface area contributed by atoms with Crippen molar-refractivity contribution in [2.24, 2.45) is 0 Å². The largest absolute Gasteiger partial charge is 0.493 e. The predicted octanol–water partition coefficient (Wildman–Crippen LogP) is 4.99. The summed E-state index contributed by atoms with van der Waals surface area (Å²) in [5.41, 5.74) is 1.74. The first-order chi connectivity index (χ1) is 16.7. The summed E-state index contributed by atoms with van der Waals surface area (Å²) in [6.45, 7) is 3.58. The lowest BCUT2D eigenvalue weighted by molar-refractivity contribution is -0.384. The van der Waals surface area contributed by atoms with Crippen LogP contribution in [-0.4, -0.2) is 23.9 Å². The van der Waals surface area contributed by atoms with E-state index in [1.54, 1.807) is 49.4 Å². The highest BCUT2D eigenvalue weighted by molar-refractivity contribution is 6.10. The number of hydrogen-bond donors (Lipinski definition) is 1. The van der Waals surface area contributed by atoms with E-state index in [-0.39, 0.29) is 28.4 Å². The summed E-state index contributed by atoms with van der Waals surface area (Å²) in [6.07, 6.45) is 1.28. The van der Waals surface area contributed by atoms with Gasteiger partial charge < -0.3 is 14.8 Å². The molecule has 3 aromatic rings. The first-order valence-electron chi connectivity index (χ1n) is 10.4. The van der Waals surface area contributed by atoms with Crippen LogP contribution in [0.15, 0.2) is 66.2 Å². The number of methoxy groups -OCH3 is 1. The van der Waals surface area contributed by atoms with Gasteiger partial charge in [0.15, 0.2) is 11.5 Å². The molecule has 0 heterocycles. The lowest BCUT2D eigenvalue weighted by Crippen LogP contribution is -2.14. The Morgan fingerprint density at radius 3 is 2.31 bits per heavy atom. The number of nitrogens with one attached hydrogen (secondary N) is 1. The second-order valence-corrected chi connectivity index (χ2v) is 7.57. The van der Waals surface area contributed by atoms with Crippen LogP contribution >= 0.6 is 0 Å². The lowest BCUT2D eigenvalue weighted by atomic mass is 10.1. The third kappa shape index (κ3) is 6.09. The minimum Gasteiger partial charge on any atom is -0.493 e. The molecule has 0 aliphatic heterocycles. The van der Waals surface area contributed by atoms with Crippen LogP contribution in [0.4, 0.5) is 11.4 Å². The van der Waals surface area contributed by atoms with Gasteiger partial charge in [-0.3, -0.25) is 14.9 Å². The minimum atomic E-state index is -0.825. The Balaban J connectivity index is 1.87. The number of nitriles is 1. The zero-order chi connectivity index (χ0) is 25.5. The number of benzene rings is 3. The molecule has 1 amide bonds. The van der Waals surface area contributed by atoms with E-state index in [9.17, 15) is 25.0 Å². The molecular weight excluding hydrogens is 450 g/mol. The smallest absolute Gasteiger partial charge is 0.343 e. The van der Waals surface area contributed by atoms with Crippen LogP contribution in [0, 0.1) is 35.3 Å². The van der Waals surface area contributed by atoms with Crippen molar-refractivity contribution < 1.29 is 24.0 Å². The van der Waals surface area contributed by atoms with Gasteiger partial charge in [0.05, 0.1) is 17.6 Å². The summed E-state index contributed by atoms with van der Waals surface area (Å²) < 4.78 is 10.7. The van der Waals surface area contributed by atoms with E-state index in [4.69, 9.17) is 9.47 Å². The second-order valence-electron chi connectivity index (χ2n) is 7.57. The molecule has 0 aliphatic rings. The molecule has 176 valence electrons. The Kier molecular flexibility index (Phi) is 7.59. The standard InChI is InChI=1S/C26H21N3O6/c1-16-4-8-19(9-5-16)26(31)35-24-14-18(7-11-23(24)34-3)13-20(15-27)25(30)28-21-10-6-17(2)12-22(21)29(32)33/h4-14H,1-3H3,(H,28,30)/b20-13+. The quantitative estimate of drug-likeness (QED) is 0.128. The van der Waals surface area contributed by atoms with Crippen LogP contribution in [0.2, 0.25) is 0 Å². The maximum atomic E-state index is 12.7. The third-order valence-electron chi connectivity index (χ3n) is 4.95. The van der Waals surface area contributed by atoms with Crippen molar-refractivity contribution in [1.29, 1.82) is 5.26 Å². The summed E-state index contributed by atoms with van der Waals surface area (Å²) in [6, 6.07) is 17.5. The van der Waals surface area contributed by atoms with E-state index in [2.05, 4.69) is 5.32 Å². The number of ether oxygens (including phenoxy) is 2. The summed E-state index contributed by atoms with van der Waals surface area (Å²) in [7, 11) is 1.41. The normalized spacial score (nSPS) is 10.7. The van der Waals surface area contributed by atoms with E-state index < -0.39 is 16.8 Å². The molecule has 0 spiro atoms. The number of carbonyl (C=O) groups is 2. The number of esters is 1. The van der Waals surface area contributed by atoms with E-state index in [1.807, 2.05) is 6.92 Å². The molecule has 0 bridgehead atoms. The second kappa shape index (κ2) is 10.8. The van der Waals surface area contributed by atoms with Crippen molar-refractivity contribution in [2.75, 3.05) is 12.4 Å². The van der Waals surface area contributed by atoms with Crippen molar-refractivity contribution in [3.05, 3.63) is 98.6 Å². The first-order valence-corrected chi connectivity index (χ1v) is 10.4. The summed E-state index contributed by atoms with van der Waals surface area (Å²) in [5.74, 6) is -1.05. The van der Waals surface area contributed by atoms with E-state index in [1.165, 1.54) is 37.5 Å². The van der Waals surface area contributed by atoms with Gasteiger partial charge in [0.1, 0.15) is 17.3 Å². The van der Waals surface area contributed by atoms with Gasteiger partial charge in [-0.25, -0.2) is 4.79 Å². The molecule has 3 rings (SSSR count). The zero-order valence-corrected chi connectivity index (χ0v) is 19.2. The topological polar surface area (TPSA) is 132 Å². The number of rotatable bonds is 7. The van der Waals surface area contributed by atoms with Gasteiger partial charge in [-0.1, -0.05) is 29.8 Å². The number of hydrogen-bond acceptors (Lipinski definition) is 7. The van der Waals surface area contributed by atoms with Gasteiger partial charge in [0.2, 0.25) is 0 Å². The summed E-state index contributed by atoms with van der Waals surface area (Å²) in [5, 5.41) is 23.2. The monoisotopic (exact) mass is 471 g/mol. The van der Waals surface area contributed by atoms with Gasteiger partial charge in [0, 0.05) is 6.07 Å². The number of amides is 1. The maximum absolute atomic E-state index is 12.7. The van der Waals surface area contributed by atoms with Crippen molar-refractivity contribution in [2.45, 2.75) is 13.8 Å². The fourth-order valence-corrected chi connectivity index (χ4v) is 3.11. The molecule has 0 atom stereocenters. The van der Waals surface area contributed by atoms with E-state index in [0.29, 0.717) is 16.7 Å². The van der Waals surface area contributed by atoms with Crippen LogP contribution < -0.4 is 14.8 Å². The molecule has 0 saturated carbocycles. The number of nitro benzene ring substituents is 1. The van der Waals surface area contributed by atoms with Crippen molar-refractivity contribution in [3.63, 3.8) is 0 Å². The zero-order valence-electron chi connectivity index (χ0n) is 19.2.